The highest BCUT2D eigenvalue weighted by Gasteiger charge is 2.34. The Hall–Kier alpha value is -6.14. The molecule has 1 amide bonds. The standard InChI is InChI=1S/C28H33F3N6O2.C18H20F3N3O/c1-4-24-26(37-14-13-34(2)18-25(37)33-24)27(38)32-15-19-5-7-20(8-6-19)35(3)22-16-36(17-22)21-9-11-23(12-10-21)39-28(29,30)31;1-23(14-4-2-13(10-22)3-5-14)16-11-24(12-16)15-6-8-17(9-7-15)25-18(19,20)21/h5-12,22H,4,13-18H2,1-3H3,(H,32,38);2-9,16H,10-12,22H2,1H3. The number of fused-ring (bicyclic) bond motifs is 1. The fourth-order valence-corrected chi connectivity index (χ4v) is 7.95. The van der Waals surface area contributed by atoms with Crippen molar-refractivity contribution in [2.24, 2.45) is 5.73 Å². The van der Waals surface area contributed by atoms with Crippen LogP contribution in [0.3, 0.4) is 0 Å². The van der Waals surface area contributed by atoms with E-state index in [0.29, 0.717) is 31.2 Å². The van der Waals surface area contributed by atoms with Crippen molar-refractivity contribution >= 4 is 28.7 Å². The SMILES string of the molecule is CCc1nc2n(c1C(=O)NCc1ccc(N(C)C3CN(c4ccc(OC(F)(F)F)cc4)C3)cc1)CCN(C)C2.CN(c1ccc(CN)cc1)C1CN(c2ccc(OC(F)(F)F)cc2)C1. The zero-order valence-corrected chi connectivity index (χ0v) is 36.2. The average molecular weight is 894 g/mol. The first-order valence-corrected chi connectivity index (χ1v) is 21.1. The van der Waals surface area contributed by atoms with E-state index in [1.807, 2.05) is 69.6 Å². The van der Waals surface area contributed by atoms with E-state index < -0.39 is 12.7 Å². The highest BCUT2D eigenvalue weighted by Crippen LogP contribution is 2.32. The first kappa shape index (κ1) is 45.9. The summed E-state index contributed by atoms with van der Waals surface area (Å²) in [5, 5.41) is 3.07. The van der Waals surface area contributed by atoms with Crippen molar-refractivity contribution in [1.82, 2.24) is 19.8 Å². The number of likely N-dealkylation sites (N-methyl/N-ethyl adjacent to an activating group) is 3. The molecule has 3 aliphatic heterocycles. The number of rotatable bonds is 13. The van der Waals surface area contributed by atoms with Gasteiger partial charge in [0.1, 0.15) is 23.0 Å². The summed E-state index contributed by atoms with van der Waals surface area (Å²) >= 11 is 0. The minimum absolute atomic E-state index is 0.0936. The smallest absolute Gasteiger partial charge is 0.406 e. The summed E-state index contributed by atoms with van der Waals surface area (Å²) in [5.41, 5.74) is 13.2. The molecule has 12 nitrogen and oxygen atoms in total. The number of ether oxygens (including phenoxy) is 2. The third kappa shape index (κ3) is 11.3. The molecule has 8 rings (SSSR count). The van der Waals surface area contributed by atoms with Gasteiger partial charge in [0.2, 0.25) is 0 Å². The second kappa shape index (κ2) is 19.3. The third-order valence-corrected chi connectivity index (χ3v) is 11.9. The molecule has 18 heteroatoms. The molecule has 4 aromatic carbocycles. The number of benzene rings is 4. The van der Waals surface area contributed by atoms with Gasteiger partial charge in [-0.2, -0.15) is 0 Å². The third-order valence-electron chi connectivity index (χ3n) is 11.9. The number of hydrogen-bond acceptors (Lipinski definition) is 10. The van der Waals surface area contributed by atoms with Gasteiger partial charge in [0.25, 0.3) is 5.91 Å². The highest BCUT2D eigenvalue weighted by molar-refractivity contribution is 5.94. The van der Waals surface area contributed by atoms with Gasteiger partial charge in [0.15, 0.2) is 0 Å². The number of carbonyl (C=O) groups is 1. The summed E-state index contributed by atoms with van der Waals surface area (Å²) in [5.74, 6) is 0.425. The maximum atomic E-state index is 13.1. The molecule has 2 fully saturated rings. The summed E-state index contributed by atoms with van der Waals surface area (Å²) < 4.78 is 83.6. The van der Waals surface area contributed by atoms with E-state index in [1.54, 1.807) is 24.3 Å². The van der Waals surface area contributed by atoms with Crippen LogP contribution in [0.2, 0.25) is 0 Å². The van der Waals surface area contributed by atoms with E-state index in [1.165, 1.54) is 24.3 Å². The van der Waals surface area contributed by atoms with Crippen molar-refractivity contribution in [2.45, 2.75) is 64.3 Å². The zero-order chi connectivity index (χ0) is 45.8. The van der Waals surface area contributed by atoms with Crippen LogP contribution in [0.4, 0.5) is 49.1 Å². The summed E-state index contributed by atoms with van der Waals surface area (Å²) in [6.07, 6.45) is -8.64. The van der Waals surface area contributed by atoms with Gasteiger partial charge < -0.3 is 44.7 Å². The van der Waals surface area contributed by atoms with E-state index >= 15 is 0 Å². The monoisotopic (exact) mass is 893 g/mol. The van der Waals surface area contributed by atoms with Crippen molar-refractivity contribution in [1.29, 1.82) is 0 Å². The molecule has 1 aromatic heterocycles. The lowest BCUT2D eigenvalue weighted by Crippen LogP contribution is -2.58. The normalized spacial score (nSPS) is 15.6. The molecule has 2 saturated heterocycles. The second-order valence-corrected chi connectivity index (χ2v) is 16.2. The van der Waals surface area contributed by atoms with E-state index in [2.05, 4.69) is 50.9 Å². The quantitative estimate of drug-likeness (QED) is 0.116. The van der Waals surface area contributed by atoms with Crippen molar-refractivity contribution in [3.63, 3.8) is 0 Å². The molecule has 0 spiro atoms. The summed E-state index contributed by atoms with van der Waals surface area (Å²) in [6.45, 7) is 8.53. The topological polar surface area (TPSA) is 108 Å². The van der Waals surface area contributed by atoms with Crippen molar-refractivity contribution in [3.8, 4) is 11.5 Å². The van der Waals surface area contributed by atoms with Gasteiger partial charge in [0, 0.05) is 89.2 Å². The number of halogens is 6. The minimum atomic E-state index is -4.69. The summed E-state index contributed by atoms with van der Waals surface area (Å²) in [7, 11) is 6.13. The van der Waals surface area contributed by atoms with Gasteiger partial charge in [-0.25, -0.2) is 4.98 Å². The summed E-state index contributed by atoms with van der Waals surface area (Å²) in [6, 6.07) is 28.8. The molecule has 0 unspecified atom stereocenters. The Bertz CT molecular complexity index is 2310. The number of carbonyl (C=O) groups excluding carboxylic acids is 1. The number of nitrogens with two attached hydrogens (primary N) is 1. The van der Waals surface area contributed by atoms with Crippen molar-refractivity contribution in [2.75, 3.05) is 73.5 Å². The van der Waals surface area contributed by atoms with Crippen LogP contribution >= 0.6 is 0 Å². The predicted octanol–water partition coefficient (Wildman–Crippen LogP) is 7.41. The number of imidazole rings is 1. The molecule has 0 atom stereocenters. The van der Waals surface area contributed by atoms with Crippen LogP contribution < -0.4 is 40.1 Å². The number of amides is 1. The van der Waals surface area contributed by atoms with Gasteiger partial charge in [-0.15, -0.1) is 26.3 Å². The lowest BCUT2D eigenvalue weighted by molar-refractivity contribution is -0.275. The molecular formula is C46H53F6N9O3. The van der Waals surface area contributed by atoms with Gasteiger partial charge in [0.05, 0.1) is 24.3 Å². The molecular weight excluding hydrogens is 841 g/mol. The molecule has 0 saturated carbocycles. The fraction of sp³-hybridized carbons (Fsp3) is 0.391. The predicted molar refractivity (Wildman–Crippen MR) is 235 cm³/mol. The molecule has 5 aromatic rings. The van der Waals surface area contributed by atoms with E-state index in [-0.39, 0.29) is 23.4 Å². The molecule has 4 heterocycles. The Morgan fingerprint density at radius 1 is 0.719 bits per heavy atom. The fourth-order valence-electron chi connectivity index (χ4n) is 7.95. The van der Waals surface area contributed by atoms with Crippen LogP contribution in [0.5, 0.6) is 11.5 Å². The number of nitrogens with zero attached hydrogens (tertiary/aromatic N) is 7. The van der Waals surface area contributed by atoms with Crippen molar-refractivity contribution in [3.05, 3.63) is 125 Å². The summed E-state index contributed by atoms with van der Waals surface area (Å²) in [4.78, 5) is 28.6. The molecule has 342 valence electrons. The average Bonchev–Trinajstić information content (AvgIpc) is 3.60. The maximum absolute atomic E-state index is 13.1. The second-order valence-electron chi connectivity index (χ2n) is 16.2. The highest BCUT2D eigenvalue weighted by atomic mass is 19.4. The zero-order valence-electron chi connectivity index (χ0n) is 36.2. The number of alkyl halides is 6. The lowest BCUT2D eigenvalue weighted by atomic mass is 10.0. The van der Waals surface area contributed by atoms with Crippen LogP contribution in [0.15, 0.2) is 97.1 Å². The first-order valence-electron chi connectivity index (χ1n) is 21.1. The van der Waals surface area contributed by atoms with Gasteiger partial charge in [-0.1, -0.05) is 31.2 Å². The number of hydrogen-bond donors (Lipinski definition) is 2. The molecule has 0 aliphatic carbocycles. The van der Waals surface area contributed by atoms with E-state index in [9.17, 15) is 31.1 Å². The number of nitrogens with one attached hydrogen (secondary N) is 1. The Labute approximate surface area is 368 Å². The molecule has 0 bridgehead atoms. The van der Waals surface area contributed by atoms with Crippen LogP contribution in [0.1, 0.15) is 40.1 Å². The number of aromatic nitrogens is 2. The van der Waals surface area contributed by atoms with E-state index in [4.69, 9.17) is 10.7 Å². The maximum Gasteiger partial charge on any atom is 0.573 e. The lowest BCUT2D eigenvalue weighted by Gasteiger charge is -2.46. The van der Waals surface area contributed by atoms with Crippen LogP contribution in [0.25, 0.3) is 0 Å². The Balaban J connectivity index is 0.000000211. The molecule has 64 heavy (non-hydrogen) atoms. The number of aryl methyl sites for hydroxylation is 1. The van der Waals surface area contributed by atoms with Gasteiger partial charge in [-0.05, 0) is 97.4 Å². The largest absolute Gasteiger partial charge is 0.573 e. The van der Waals surface area contributed by atoms with E-state index in [0.717, 1.165) is 91.2 Å². The van der Waals surface area contributed by atoms with Crippen LogP contribution in [-0.4, -0.2) is 99.0 Å². The Kier molecular flexibility index (Phi) is 13.8. The van der Waals surface area contributed by atoms with Gasteiger partial charge in [-0.3, -0.25) is 9.69 Å². The van der Waals surface area contributed by atoms with Crippen LogP contribution in [-0.2, 0) is 32.6 Å². The van der Waals surface area contributed by atoms with Crippen LogP contribution in [0, 0.1) is 0 Å². The van der Waals surface area contributed by atoms with Crippen molar-refractivity contribution < 1.29 is 40.6 Å². The Morgan fingerprint density at radius 3 is 1.59 bits per heavy atom. The molecule has 3 N–H and O–H groups in total. The number of anilines is 4. The Morgan fingerprint density at radius 2 is 1.17 bits per heavy atom. The first-order chi connectivity index (χ1) is 30.5. The molecule has 0 radical (unpaired) electrons. The van der Waals surface area contributed by atoms with Gasteiger partial charge >= 0.3 is 12.7 Å². The minimum Gasteiger partial charge on any atom is -0.406 e. The molecule has 3 aliphatic rings.